The van der Waals surface area contributed by atoms with Gasteiger partial charge >= 0.3 is 0 Å². The molecule has 3 rings (SSSR count). The smallest absolute Gasteiger partial charge is 0.231 e. The maximum Gasteiger partial charge on any atom is 0.231 e. The summed E-state index contributed by atoms with van der Waals surface area (Å²) in [7, 11) is 0. The van der Waals surface area contributed by atoms with Crippen molar-refractivity contribution in [1.29, 1.82) is 0 Å². The van der Waals surface area contributed by atoms with Crippen LogP contribution in [0.4, 0.5) is 23.4 Å². The fourth-order valence-corrected chi connectivity index (χ4v) is 3.55. The molecule has 0 radical (unpaired) electrons. The average molecular weight is 446 g/mol. The van der Waals surface area contributed by atoms with E-state index in [0.29, 0.717) is 17.5 Å². The van der Waals surface area contributed by atoms with Crippen molar-refractivity contribution in [3.8, 4) is 0 Å². The predicted octanol–water partition coefficient (Wildman–Crippen LogP) is 6.48. The number of hydrogen-bond acceptors (Lipinski definition) is 6. The molecule has 0 aliphatic carbocycles. The van der Waals surface area contributed by atoms with Gasteiger partial charge in [-0.25, -0.2) is 0 Å². The van der Waals surface area contributed by atoms with Crippen molar-refractivity contribution in [3.63, 3.8) is 0 Å². The Morgan fingerprint density at radius 1 is 1.15 bits per heavy atom. The van der Waals surface area contributed by atoms with Gasteiger partial charge in [0.1, 0.15) is 5.52 Å². The number of nitrogens with one attached hydrogen (secondary N) is 3. The van der Waals surface area contributed by atoms with E-state index in [-0.39, 0.29) is 0 Å². The van der Waals surface area contributed by atoms with Gasteiger partial charge in [0.15, 0.2) is 11.5 Å². The van der Waals surface area contributed by atoms with E-state index < -0.39 is 0 Å². The number of benzene rings is 1. The van der Waals surface area contributed by atoms with Gasteiger partial charge in [-0.2, -0.15) is 15.0 Å². The Balaban J connectivity index is 2.06. The molecule has 0 bridgehead atoms. The van der Waals surface area contributed by atoms with Gasteiger partial charge in [-0.1, -0.05) is 44.2 Å². The van der Waals surface area contributed by atoms with Crippen LogP contribution in [0.2, 0.25) is 0 Å². The van der Waals surface area contributed by atoms with E-state index in [1.165, 1.54) is 5.56 Å². The highest BCUT2D eigenvalue weighted by Gasteiger charge is 2.18. The molecule has 7 nitrogen and oxygen atoms in total. The van der Waals surface area contributed by atoms with Crippen molar-refractivity contribution >= 4 is 34.6 Å². The van der Waals surface area contributed by atoms with Gasteiger partial charge < -0.3 is 20.5 Å². The lowest BCUT2D eigenvalue weighted by Crippen LogP contribution is -2.26. The molecule has 0 amide bonds. The van der Waals surface area contributed by atoms with Crippen LogP contribution in [0.3, 0.4) is 0 Å². The first kappa shape index (κ1) is 24.0. The highest BCUT2D eigenvalue weighted by molar-refractivity contribution is 5.87. The number of allylic oxidation sites excluding steroid dienone is 4. The number of hydrogen-bond donors (Lipinski definition) is 3. The molecule has 0 aliphatic rings. The number of rotatable bonds is 11. The summed E-state index contributed by atoms with van der Waals surface area (Å²) in [6.07, 6.45) is 7.90. The number of nitrogens with zero attached hydrogens (tertiary/aromatic N) is 4. The molecule has 2 aromatic heterocycles. The van der Waals surface area contributed by atoms with E-state index in [0.717, 1.165) is 54.2 Å². The normalized spacial score (nSPS) is 12.2. The van der Waals surface area contributed by atoms with Crippen LogP contribution >= 0.6 is 0 Å². The molecule has 0 atom stereocenters. The Labute approximate surface area is 196 Å². The Bertz CT molecular complexity index is 1150. The van der Waals surface area contributed by atoms with Crippen molar-refractivity contribution in [3.05, 3.63) is 65.9 Å². The molecule has 7 heteroatoms. The van der Waals surface area contributed by atoms with Crippen LogP contribution < -0.4 is 15.5 Å². The fourth-order valence-electron chi connectivity index (χ4n) is 3.55. The zero-order valence-corrected chi connectivity index (χ0v) is 20.4. The molecule has 0 aliphatic heterocycles. The minimum absolute atomic E-state index is 0.530. The molecular weight excluding hydrogens is 410 g/mol. The predicted molar refractivity (Wildman–Crippen MR) is 140 cm³/mol. The number of fused-ring (bicyclic) bond motifs is 1. The Hall–Kier alpha value is -3.61. The lowest BCUT2D eigenvalue weighted by atomic mass is 10.2. The van der Waals surface area contributed by atoms with Crippen molar-refractivity contribution in [2.75, 3.05) is 28.6 Å². The largest absolute Gasteiger partial charge is 0.355 e. The van der Waals surface area contributed by atoms with Crippen LogP contribution in [-0.2, 0) is 0 Å². The van der Waals surface area contributed by atoms with Crippen LogP contribution in [0.15, 0.2) is 60.3 Å². The molecule has 0 unspecified atom stereocenters. The molecule has 174 valence electrons. The number of aryl methyl sites for hydroxylation is 1. The first-order valence-electron chi connectivity index (χ1n) is 11.6. The summed E-state index contributed by atoms with van der Waals surface area (Å²) >= 11 is 0. The molecule has 0 spiro atoms. The second-order valence-electron chi connectivity index (χ2n) is 8.10. The molecule has 0 saturated heterocycles. The second kappa shape index (κ2) is 11.3. The Kier molecular flexibility index (Phi) is 8.24. The van der Waals surface area contributed by atoms with Crippen LogP contribution in [0, 0.1) is 6.92 Å². The standard InChI is InChI=1S/C26H35N7/c1-7-14-33(15-8-2)24-22-23(30-25(29-22)27-20(10-4)16-18(5)9-3)31-26(32-24)28-21-13-11-12-19(6)17-21/h9-13,16-17H,4,7-8,14-15H2,1-3,5-6H3,(H3,27,28,29,30,31,32)/b18-9-,20-16+. The van der Waals surface area contributed by atoms with Gasteiger partial charge in [0, 0.05) is 24.5 Å². The van der Waals surface area contributed by atoms with Gasteiger partial charge in [0.2, 0.25) is 11.9 Å². The van der Waals surface area contributed by atoms with Gasteiger partial charge in [0.05, 0.1) is 0 Å². The van der Waals surface area contributed by atoms with E-state index in [2.05, 4.69) is 60.0 Å². The molecule has 1 aromatic carbocycles. The molecule has 33 heavy (non-hydrogen) atoms. The number of imidazole rings is 1. The third-order valence-electron chi connectivity index (χ3n) is 5.21. The summed E-state index contributed by atoms with van der Waals surface area (Å²) in [6, 6.07) is 8.17. The summed E-state index contributed by atoms with van der Waals surface area (Å²) in [6.45, 7) is 16.2. The highest BCUT2D eigenvalue weighted by atomic mass is 15.3. The molecule has 3 N–H and O–H groups in total. The molecular formula is C26H35N7. The summed E-state index contributed by atoms with van der Waals surface area (Å²) in [5, 5.41) is 6.67. The third kappa shape index (κ3) is 6.22. The van der Waals surface area contributed by atoms with E-state index in [9.17, 15) is 0 Å². The molecule has 3 aromatic rings. The second-order valence-corrected chi connectivity index (χ2v) is 8.10. The monoisotopic (exact) mass is 445 g/mol. The lowest BCUT2D eigenvalue weighted by molar-refractivity contribution is 0.736. The number of anilines is 4. The summed E-state index contributed by atoms with van der Waals surface area (Å²) in [5.41, 5.74) is 5.55. The molecule has 2 heterocycles. The fraction of sp³-hybridized carbons (Fsp3) is 0.346. The zero-order chi connectivity index (χ0) is 23.8. The van der Waals surface area contributed by atoms with Crippen LogP contribution in [0.5, 0.6) is 0 Å². The van der Waals surface area contributed by atoms with E-state index in [1.54, 1.807) is 6.08 Å². The van der Waals surface area contributed by atoms with Gasteiger partial charge in [-0.3, -0.25) is 0 Å². The van der Waals surface area contributed by atoms with Crippen molar-refractivity contribution in [2.24, 2.45) is 0 Å². The van der Waals surface area contributed by atoms with Crippen molar-refractivity contribution in [2.45, 2.75) is 47.5 Å². The topological polar surface area (TPSA) is 81.8 Å². The molecule has 0 saturated carbocycles. The highest BCUT2D eigenvalue weighted by Crippen LogP contribution is 2.27. The first-order valence-corrected chi connectivity index (χ1v) is 11.6. The Morgan fingerprint density at radius 3 is 2.55 bits per heavy atom. The van der Waals surface area contributed by atoms with E-state index in [4.69, 9.17) is 15.0 Å². The average Bonchev–Trinajstić information content (AvgIpc) is 3.20. The van der Waals surface area contributed by atoms with Crippen molar-refractivity contribution in [1.82, 2.24) is 19.9 Å². The lowest BCUT2D eigenvalue weighted by Gasteiger charge is -2.23. The van der Waals surface area contributed by atoms with Gasteiger partial charge in [-0.05, 0) is 63.5 Å². The van der Waals surface area contributed by atoms with Crippen LogP contribution in [0.25, 0.3) is 11.2 Å². The van der Waals surface area contributed by atoms with Crippen LogP contribution in [0.1, 0.15) is 46.1 Å². The van der Waals surface area contributed by atoms with E-state index >= 15 is 0 Å². The Morgan fingerprint density at radius 2 is 1.91 bits per heavy atom. The SMILES string of the molecule is C=C/C(=C\C(C)=C/C)Nc1nc2nc(Nc3cccc(C)c3)nc(N(CCC)CCC)c2[nH]1. The quantitative estimate of drug-likeness (QED) is 0.293. The number of aromatic nitrogens is 4. The maximum atomic E-state index is 4.90. The summed E-state index contributed by atoms with van der Waals surface area (Å²) < 4.78 is 0. The minimum atomic E-state index is 0.530. The van der Waals surface area contributed by atoms with Crippen LogP contribution in [-0.4, -0.2) is 33.0 Å². The first-order chi connectivity index (χ1) is 16.0. The van der Waals surface area contributed by atoms with Gasteiger partial charge in [0.25, 0.3) is 0 Å². The van der Waals surface area contributed by atoms with Crippen molar-refractivity contribution < 1.29 is 0 Å². The molecule has 0 fully saturated rings. The van der Waals surface area contributed by atoms with Gasteiger partial charge in [-0.15, -0.1) is 0 Å². The maximum absolute atomic E-state index is 4.90. The number of H-pyrrole nitrogens is 1. The summed E-state index contributed by atoms with van der Waals surface area (Å²) in [5.74, 6) is 1.99. The minimum Gasteiger partial charge on any atom is -0.355 e. The van der Waals surface area contributed by atoms with E-state index in [1.807, 2.05) is 38.1 Å². The summed E-state index contributed by atoms with van der Waals surface area (Å²) in [4.78, 5) is 20.0. The number of aromatic amines is 1. The zero-order valence-electron chi connectivity index (χ0n) is 20.4. The third-order valence-corrected chi connectivity index (χ3v) is 5.21.